The molecule has 0 aromatic rings. The van der Waals surface area contributed by atoms with Crippen LogP contribution in [0, 0.1) is 11.8 Å². The first-order chi connectivity index (χ1) is 5.29. The molecule has 1 aliphatic carbocycles. The molecule has 64 valence electrons. The van der Waals surface area contributed by atoms with E-state index in [0.29, 0.717) is 0 Å². The molecule has 3 nitrogen and oxygen atoms in total. The second kappa shape index (κ2) is 2.73. The van der Waals surface area contributed by atoms with Crippen LogP contribution in [0.2, 0.25) is 0 Å². The lowest BCUT2D eigenvalue weighted by atomic mass is 10.3. The third-order valence-electron chi connectivity index (χ3n) is 2.78. The quantitative estimate of drug-likeness (QED) is 0.565. The Balaban J connectivity index is 1.71. The van der Waals surface area contributed by atoms with E-state index in [-0.39, 0.29) is 12.6 Å². The maximum atomic E-state index is 8.72. The van der Waals surface area contributed by atoms with Crippen LogP contribution < -0.4 is 5.73 Å². The average Bonchev–Trinajstić information content (AvgIpc) is 2.60. The Morgan fingerprint density at radius 1 is 1.45 bits per heavy atom. The Morgan fingerprint density at radius 2 is 2.09 bits per heavy atom. The molecule has 0 aromatic carbocycles. The van der Waals surface area contributed by atoms with Crippen molar-refractivity contribution < 1.29 is 5.11 Å². The van der Waals surface area contributed by atoms with Gasteiger partial charge in [-0.1, -0.05) is 0 Å². The summed E-state index contributed by atoms with van der Waals surface area (Å²) in [6, 6.07) is -0.0347. The van der Waals surface area contributed by atoms with Crippen molar-refractivity contribution in [3.8, 4) is 0 Å². The SMILES string of the molecule is NC(CO)CN1CC2CC2C1. The number of nitrogens with two attached hydrogens (primary N) is 1. The summed E-state index contributed by atoms with van der Waals surface area (Å²) < 4.78 is 0. The van der Waals surface area contributed by atoms with Gasteiger partial charge in [0.15, 0.2) is 0 Å². The Morgan fingerprint density at radius 3 is 2.64 bits per heavy atom. The summed E-state index contributed by atoms with van der Waals surface area (Å²) in [6.07, 6.45) is 1.44. The van der Waals surface area contributed by atoms with E-state index in [1.54, 1.807) is 0 Å². The van der Waals surface area contributed by atoms with Gasteiger partial charge in [-0.15, -0.1) is 0 Å². The number of aliphatic hydroxyl groups excluding tert-OH is 1. The summed E-state index contributed by atoms with van der Waals surface area (Å²) >= 11 is 0. The van der Waals surface area contributed by atoms with Gasteiger partial charge >= 0.3 is 0 Å². The van der Waals surface area contributed by atoms with Crippen molar-refractivity contribution in [2.75, 3.05) is 26.2 Å². The number of piperidine rings is 1. The molecule has 2 fully saturated rings. The van der Waals surface area contributed by atoms with Crippen LogP contribution in [0.5, 0.6) is 0 Å². The first kappa shape index (κ1) is 7.53. The molecule has 0 spiro atoms. The van der Waals surface area contributed by atoms with E-state index in [1.165, 1.54) is 19.5 Å². The van der Waals surface area contributed by atoms with E-state index in [1.807, 2.05) is 0 Å². The molecular weight excluding hydrogens is 140 g/mol. The van der Waals surface area contributed by atoms with Crippen molar-refractivity contribution in [1.29, 1.82) is 0 Å². The predicted molar refractivity (Wildman–Crippen MR) is 43.1 cm³/mol. The van der Waals surface area contributed by atoms with Gasteiger partial charge in [-0.3, -0.25) is 0 Å². The van der Waals surface area contributed by atoms with Crippen molar-refractivity contribution in [1.82, 2.24) is 4.90 Å². The van der Waals surface area contributed by atoms with E-state index in [0.717, 1.165) is 18.4 Å². The second-order valence-electron chi connectivity index (χ2n) is 3.92. The zero-order valence-corrected chi connectivity index (χ0v) is 6.74. The highest BCUT2D eigenvalue weighted by molar-refractivity contribution is 4.97. The Bertz CT molecular complexity index is 141. The van der Waals surface area contributed by atoms with Crippen LogP contribution in [0.4, 0.5) is 0 Å². The maximum absolute atomic E-state index is 8.72. The fourth-order valence-electron chi connectivity index (χ4n) is 2.03. The summed E-state index contributed by atoms with van der Waals surface area (Å²) in [7, 11) is 0. The zero-order valence-electron chi connectivity index (χ0n) is 6.74. The monoisotopic (exact) mass is 156 g/mol. The number of fused-ring (bicyclic) bond motifs is 1. The minimum absolute atomic E-state index is 0.0347. The van der Waals surface area contributed by atoms with E-state index < -0.39 is 0 Å². The lowest BCUT2D eigenvalue weighted by Crippen LogP contribution is -2.39. The van der Waals surface area contributed by atoms with E-state index >= 15 is 0 Å². The van der Waals surface area contributed by atoms with Gasteiger partial charge in [-0.05, 0) is 18.3 Å². The van der Waals surface area contributed by atoms with Gasteiger partial charge in [-0.2, -0.15) is 0 Å². The Hall–Kier alpha value is -0.120. The maximum Gasteiger partial charge on any atom is 0.0595 e. The minimum Gasteiger partial charge on any atom is -0.395 e. The van der Waals surface area contributed by atoms with Crippen LogP contribution in [0.3, 0.4) is 0 Å². The van der Waals surface area contributed by atoms with E-state index in [2.05, 4.69) is 4.90 Å². The first-order valence-electron chi connectivity index (χ1n) is 4.38. The highest BCUT2D eigenvalue weighted by Gasteiger charge is 2.44. The Kier molecular flexibility index (Phi) is 1.87. The number of aliphatic hydroxyl groups is 1. The summed E-state index contributed by atoms with van der Waals surface area (Å²) in [5, 5.41) is 8.72. The molecule has 1 saturated heterocycles. The van der Waals surface area contributed by atoms with Crippen LogP contribution in [0.15, 0.2) is 0 Å². The number of likely N-dealkylation sites (tertiary alicyclic amines) is 1. The number of hydrogen-bond donors (Lipinski definition) is 2. The molecular formula is C8H16N2O. The molecule has 1 saturated carbocycles. The minimum atomic E-state index is -0.0347. The summed E-state index contributed by atoms with van der Waals surface area (Å²) in [5.74, 6) is 1.95. The molecule has 3 N–H and O–H groups in total. The van der Waals surface area contributed by atoms with Crippen molar-refractivity contribution in [2.24, 2.45) is 17.6 Å². The number of nitrogens with zero attached hydrogens (tertiary/aromatic N) is 1. The van der Waals surface area contributed by atoms with Crippen LogP contribution in [0.25, 0.3) is 0 Å². The number of hydrogen-bond acceptors (Lipinski definition) is 3. The van der Waals surface area contributed by atoms with Gasteiger partial charge in [0.05, 0.1) is 6.61 Å². The fraction of sp³-hybridized carbons (Fsp3) is 1.00. The summed E-state index contributed by atoms with van der Waals surface area (Å²) in [6.45, 7) is 3.44. The molecule has 1 heterocycles. The molecule has 0 amide bonds. The second-order valence-corrected chi connectivity index (χ2v) is 3.92. The molecule has 2 rings (SSSR count). The molecule has 0 aromatic heterocycles. The molecule has 3 unspecified atom stereocenters. The van der Waals surface area contributed by atoms with Gasteiger partial charge in [0.2, 0.25) is 0 Å². The fourth-order valence-corrected chi connectivity index (χ4v) is 2.03. The van der Waals surface area contributed by atoms with Gasteiger partial charge < -0.3 is 15.7 Å². The smallest absolute Gasteiger partial charge is 0.0595 e. The highest BCUT2D eigenvalue weighted by Crippen LogP contribution is 2.44. The van der Waals surface area contributed by atoms with Crippen LogP contribution in [-0.2, 0) is 0 Å². The van der Waals surface area contributed by atoms with Gasteiger partial charge in [0, 0.05) is 25.7 Å². The van der Waals surface area contributed by atoms with E-state index in [9.17, 15) is 0 Å². The van der Waals surface area contributed by atoms with Gasteiger partial charge in [-0.25, -0.2) is 0 Å². The van der Waals surface area contributed by atoms with Crippen molar-refractivity contribution in [3.05, 3.63) is 0 Å². The summed E-state index contributed by atoms with van der Waals surface area (Å²) in [4.78, 5) is 2.37. The van der Waals surface area contributed by atoms with Crippen LogP contribution >= 0.6 is 0 Å². The molecule has 0 radical (unpaired) electrons. The molecule has 1 aliphatic heterocycles. The van der Waals surface area contributed by atoms with Crippen LogP contribution in [-0.4, -0.2) is 42.3 Å². The topological polar surface area (TPSA) is 49.5 Å². The number of rotatable bonds is 3. The Labute approximate surface area is 67.2 Å². The first-order valence-corrected chi connectivity index (χ1v) is 4.38. The third-order valence-corrected chi connectivity index (χ3v) is 2.78. The summed E-state index contributed by atoms with van der Waals surface area (Å²) in [5.41, 5.74) is 5.62. The van der Waals surface area contributed by atoms with Gasteiger partial charge in [0.1, 0.15) is 0 Å². The molecule has 11 heavy (non-hydrogen) atoms. The third kappa shape index (κ3) is 1.55. The van der Waals surface area contributed by atoms with Crippen LogP contribution in [0.1, 0.15) is 6.42 Å². The predicted octanol–water partition coefficient (Wildman–Crippen LogP) is -0.742. The standard InChI is InChI=1S/C8H16N2O/c9-8(5-11)4-10-2-6-1-7(6)3-10/h6-8,11H,1-5,9H2. The largest absolute Gasteiger partial charge is 0.395 e. The van der Waals surface area contributed by atoms with E-state index in [4.69, 9.17) is 10.8 Å². The van der Waals surface area contributed by atoms with Gasteiger partial charge in [0.25, 0.3) is 0 Å². The molecule has 0 bridgehead atoms. The highest BCUT2D eigenvalue weighted by atomic mass is 16.3. The van der Waals surface area contributed by atoms with Crippen molar-refractivity contribution in [3.63, 3.8) is 0 Å². The molecule has 3 atom stereocenters. The normalized spacial score (nSPS) is 38.7. The molecule has 2 aliphatic rings. The lowest BCUT2D eigenvalue weighted by Gasteiger charge is -2.20. The van der Waals surface area contributed by atoms with Crippen molar-refractivity contribution >= 4 is 0 Å². The lowest BCUT2D eigenvalue weighted by molar-refractivity contribution is 0.212. The van der Waals surface area contributed by atoms with Crippen molar-refractivity contribution in [2.45, 2.75) is 12.5 Å². The zero-order chi connectivity index (χ0) is 7.84. The average molecular weight is 156 g/mol. The molecule has 3 heteroatoms.